The fourth-order valence-electron chi connectivity index (χ4n) is 2.92. The van der Waals surface area contributed by atoms with E-state index in [1.165, 1.54) is 0 Å². The number of carbonyl (C=O) groups is 1. The van der Waals surface area contributed by atoms with Crippen molar-refractivity contribution in [3.05, 3.63) is 64.2 Å². The summed E-state index contributed by atoms with van der Waals surface area (Å²) in [4.78, 5) is 12.6. The Hall–Kier alpha value is -2.18. The number of hydrogen-bond acceptors (Lipinski definition) is 3. The average Bonchev–Trinajstić information content (AvgIpc) is 2.88. The van der Waals surface area contributed by atoms with Crippen LogP contribution < -0.4 is 5.62 Å². The number of aromatic nitrogens is 2. The molecule has 0 bridgehead atoms. The first-order valence-corrected chi connectivity index (χ1v) is 8.91. The summed E-state index contributed by atoms with van der Waals surface area (Å²) in [6.07, 6.45) is 0.821. The van der Waals surface area contributed by atoms with Gasteiger partial charge in [0.2, 0.25) is 5.62 Å². The number of para-hydroxylation sites is 2. The fourth-order valence-corrected chi connectivity index (χ4v) is 3.18. The minimum Gasteiger partial charge on any atom is -0.385 e. The smallest absolute Gasteiger partial charge is 0.203 e. The van der Waals surface area contributed by atoms with Gasteiger partial charge < -0.3 is 13.9 Å². The molecule has 1 N–H and O–H groups in total. The van der Waals surface area contributed by atoms with Gasteiger partial charge in [-0.25, -0.2) is 0 Å². The minimum absolute atomic E-state index is 0.00852. The Bertz CT molecular complexity index is 941. The van der Waals surface area contributed by atoms with E-state index in [9.17, 15) is 4.79 Å². The van der Waals surface area contributed by atoms with E-state index < -0.39 is 0 Å². The molecular weight excluding hydrogens is 382 g/mol. The van der Waals surface area contributed by atoms with Gasteiger partial charge >= 0.3 is 0 Å². The third-order valence-corrected chi connectivity index (χ3v) is 4.70. The molecule has 3 aromatic rings. The summed E-state index contributed by atoms with van der Waals surface area (Å²) in [5.41, 5.74) is 2.84. The van der Waals surface area contributed by atoms with Crippen molar-refractivity contribution in [3.63, 3.8) is 0 Å². The van der Waals surface area contributed by atoms with Crippen molar-refractivity contribution in [1.29, 1.82) is 5.41 Å². The number of nitrogens with one attached hydrogen (secondary N) is 1. The summed E-state index contributed by atoms with van der Waals surface area (Å²) < 4.78 is 9.76. The number of aryl methyl sites for hydroxylation is 1. The van der Waals surface area contributed by atoms with E-state index in [2.05, 4.69) is 15.9 Å². The topological polar surface area (TPSA) is 60.0 Å². The number of hydrogen-bond donors (Lipinski definition) is 1. The molecule has 0 spiro atoms. The number of benzene rings is 2. The van der Waals surface area contributed by atoms with Crippen LogP contribution in [0, 0.1) is 5.41 Å². The highest BCUT2D eigenvalue weighted by molar-refractivity contribution is 9.10. The normalized spacial score (nSPS) is 11.1. The van der Waals surface area contributed by atoms with Crippen LogP contribution in [-0.4, -0.2) is 28.6 Å². The molecule has 0 radical (unpaired) electrons. The maximum absolute atomic E-state index is 12.6. The van der Waals surface area contributed by atoms with Gasteiger partial charge in [0.1, 0.15) is 0 Å². The van der Waals surface area contributed by atoms with E-state index in [0.717, 1.165) is 21.9 Å². The molecule has 0 saturated carbocycles. The van der Waals surface area contributed by atoms with Crippen LogP contribution in [0.4, 0.5) is 0 Å². The molecule has 0 unspecified atom stereocenters. The van der Waals surface area contributed by atoms with E-state index in [0.29, 0.717) is 24.3 Å². The Morgan fingerprint density at radius 3 is 2.36 bits per heavy atom. The Kier molecular flexibility index (Phi) is 5.50. The molecule has 0 atom stereocenters. The first kappa shape index (κ1) is 17.6. The van der Waals surface area contributed by atoms with Crippen molar-refractivity contribution in [3.8, 4) is 0 Å². The van der Waals surface area contributed by atoms with Gasteiger partial charge in [0, 0.05) is 30.3 Å². The summed E-state index contributed by atoms with van der Waals surface area (Å²) in [5, 5.41) is 8.53. The first-order valence-electron chi connectivity index (χ1n) is 8.12. The Balaban J connectivity index is 1.95. The summed E-state index contributed by atoms with van der Waals surface area (Å²) in [6, 6.07) is 15.1. The Morgan fingerprint density at radius 2 is 1.72 bits per heavy atom. The molecule has 0 saturated heterocycles. The van der Waals surface area contributed by atoms with Gasteiger partial charge in [0.25, 0.3) is 0 Å². The van der Waals surface area contributed by atoms with E-state index in [1.807, 2.05) is 41.0 Å². The monoisotopic (exact) mass is 401 g/mol. The number of nitrogens with zero attached hydrogens (tertiary/aromatic N) is 2. The van der Waals surface area contributed by atoms with Crippen molar-refractivity contribution >= 4 is 32.7 Å². The molecule has 1 aromatic heterocycles. The van der Waals surface area contributed by atoms with Gasteiger partial charge in [-0.2, -0.15) is 0 Å². The molecule has 0 fully saturated rings. The van der Waals surface area contributed by atoms with E-state index in [4.69, 9.17) is 10.1 Å². The molecule has 0 aliphatic heterocycles. The number of ketones is 1. The first-order chi connectivity index (χ1) is 12.1. The molecule has 0 aliphatic carbocycles. The van der Waals surface area contributed by atoms with Crippen LogP contribution in [0.1, 0.15) is 16.8 Å². The van der Waals surface area contributed by atoms with Gasteiger partial charge in [-0.05, 0) is 30.7 Å². The highest BCUT2D eigenvalue weighted by Crippen LogP contribution is 2.15. The number of carbonyl (C=O) groups excluding carboxylic acids is 1. The van der Waals surface area contributed by atoms with Gasteiger partial charge in [0.15, 0.2) is 5.78 Å². The van der Waals surface area contributed by atoms with Crippen LogP contribution in [-0.2, 0) is 17.8 Å². The summed E-state index contributed by atoms with van der Waals surface area (Å²) in [5.74, 6) is -0.00852. The number of fused-ring (bicyclic) bond motifs is 1. The molecule has 130 valence electrons. The molecule has 0 amide bonds. The maximum Gasteiger partial charge on any atom is 0.203 e. The second-order valence-corrected chi connectivity index (χ2v) is 6.74. The van der Waals surface area contributed by atoms with Crippen molar-refractivity contribution in [2.75, 3.05) is 13.7 Å². The zero-order valence-corrected chi connectivity index (χ0v) is 15.6. The van der Waals surface area contributed by atoms with Crippen LogP contribution in [0.5, 0.6) is 0 Å². The van der Waals surface area contributed by atoms with Crippen LogP contribution in [0.2, 0.25) is 0 Å². The highest BCUT2D eigenvalue weighted by atomic mass is 79.9. The molecule has 2 aromatic carbocycles. The number of Topliss-reactive ketones (excluding diaryl/α,β-unsaturated/α-hetero) is 1. The largest absolute Gasteiger partial charge is 0.385 e. The second kappa shape index (κ2) is 7.80. The number of imidazole rings is 1. The fraction of sp³-hybridized carbons (Fsp3) is 0.263. The third kappa shape index (κ3) is 3.75. The summed E-state index contributed by atoms with van der Waals surface area (Å²) in [7, 11) is 1.67. The third-order valence-electron chi connectivity index (χ3n) is 4.17. The molecule has 25 heavy (non-hydrogen) atoms. The van der Waals surface area contributed by atoms with Crippen LogP contribution in [0.25, 0.3) is 11.0 Å². The molecule has 0 aliphatic rings. The van der Waals surface area contributed by atoms with Gasteiger partial charge in [-0.1, -0.05) is 40.2 Å². The SMILES string of the molecule is COCCCn1c(=N)n(CC(=O)c2ccc(Br)cc2)c2ccccc21. The standard InChI is InChI=1S/C19H20BrN3O2/c1-25-12-4-11-22-16-5-2-3-6-17(16)23(19(22)21)13-18(24)14-7-9-15(20)10-8-14/h2-3,5-10,21H,4,11-13H2,1H3. The van der Waals surface area contributed by atoms with Gasteiger partial charge in [-0.15, -0.1) is 0 Å². The van der Waals surface area contributed by atoms with Crippen molar-refractivity contribution in [2.45, 2.75) is 19.5 Å². The average molecular weight is 402 g/mol. The van der Waals surface area contributed by atoms with E-state index >= 15 is 0 Å². The number of methoxy groups -OCH3 is 1. The van der Waals surface area contributed by atoms with Crippen molar-refractivity contribution < 1.29 is 9.53 Å². The van der Waals surface area contributed by atoms with Gasteiger partial charge in [-0.3, -0.25) is 10.2 Å². The Morgan fingerprint density at radius 1 is 1.08 bits per heavy atom. The lowest BCUT2D eigenvalue weighted by Gasteiger charge is -2.05. The minimum atomic E-state index is -0.00852. The van der Waals surface area contributed by atoms with E-state index in [-0.39, 0.29) is 12.3 Å². The number of rotatable bonds is 7. The van der Waals surface area contributed by atoms with Crippen LogP contribution >= 0.6 is 15.9 Å². The molecule has 5 nitrogen and oxygen atoms in total. The highest BCUT2D eigenvalue weighted by Gasteiger charge is 2.14. The molecule has 6 heteroatoms. The zero-order valence-electron chi connectivity index (χ0n) is 14.0. The van der Waals surface area contributed by atoms with Crippen LogP contribution in [0.15, 0.2) is 53.0 Å². The molecule has 1 heterocycles. The Labute approximate surface area is 154 Å². The predicted molar refractivity (Wildman–Crippen MR) is 101 cm³/mol. The van der Waals surface area contributed by atoms with E-state index in [1.54, 1.807) is 23.8 Å². The lowest BCUT2D eigenvalue weighted by atomic mass is 10.1. The van der Waals surface area contributed by atoms with Gasteiger partial charge in [0.05, 0.1) is 17.6 Å². The number of ether oxygens (including phenoxy) is 1. The lowest BCUT2D eigenvalue weighted by Crippen LogP contribution is -2.27. The molecular formula is C19H20BrN3O2. The van der Waals surface area contributed by atoms with Crippen LogP contribution in [0.3, 0.4) is 0 Å². The second-order valence-electron chi connectivity index (χ2n) is 5.83. The van der Waals surface area contributed by atoms with Crippen molar-refractivity contribution in [1.82, 2.24) is 9.13 Å². The summed E-state index contributed by atoms with van der Waals surface area (Å²) >= 11 is 3.38. The quantitative estimate of drug-likeness (QED) is 0.485. The zero-order chi connectivity index (χ0) is 17.8. The molecule has 3 rings (SSSR count). The van der Waals surface area contributed by atoms with Crippen molar-refractivity contribution in [2.24, 2.45) is 0 Å². The summed E-state index contributed by atoms with van der Waals surface area (Å²) in [6.45, 7) is 1.48. The lowest BCUT2D eigenvalue weighted by molar-refractivity contribution is 0.0971. The predicted octanol–water partition coefficient (Wildman–Crippen LogP) is 3.60. The number of halogens is 1. The maximum atomic E-state index is 12.6.